The van der Waals surface area contributed by atoms with E-state index >= 15 is 0 Å². The van der Waals surface area contributed by atoms with E-state index in [0.717, 1.165) is 6.26 Å². The third-order valence-electron chi connectivity index (χ3n) is 3.83. The third-order valence-corrected chi connectivity index (χ3v) is 4.45. The lowest BCUT2D eigenvalue weighted by Crippen LogP contribution is -2.52. The number of piperidine rings is 1. The molecule has 8 heteroatoms. The Kier molecular flexibility index (Phi) is 2.99. The van der Waals surface area contributed by atoms with Gasteiger partial charge >= 0.3 is 6.09 Å². The van der Waals surface area contributed by atoms with E-state index in [-0.39, 0.29) is 36.5 Å². The van der Waals surface area contributed by atoms with Crippen molar-refractivity contribution in [3.8, 4) is 0 Å². The number of hydrogen-bond donors (Lipinski definition) is 0. The molecule has 3 aliphatic heterocycles. The Bertz CT molecular complexity index is 473. The minimum atomic E-state index is -3.47. The summed E-state index contributed by atoms with van der Waals surface area (Å²) in [6.07, 6.45) is 1.32. The van der Waals surface area contributed by atoms with Gasteiger partial charge in [-0.2, -0.15) is 8.42 Å². The molecule has 108 valence electrons. The van der Waals surface area contributed by atoms with Crippen LogP contribution >= 0.6 is 0 Å². The van der Waals surface area contributed by atoms with Crippen molar-refractivity contribution in [3.63, 3.8) is 0 Å². The van der Waals surface area contributed by atoms with Gasteiger partial charge in [0.25, 0.3) is 10.1 Å². The van der Waals surface area contributed by atoms with Gasteiger partial charge in [-0.1, -0.05) is 0 Å². The molecule has 7 nitrogen and oxygen atoms in total. The molecule has 3 aliphatic rings. The predicted molar refractivity (Wildman–Crippen MR) is 64.0 cm³/mol. The van der Waals surface area contributed by atoms with Gasteiger partial charge in [-0.25, -0.2) is 4.79 Å². The van der Waals surface area contributed by atoms with E-state index in [9.17, 15) is 13.2 Å². The van der Waals surface area contributed by atoms with Crippen molar-refractivity contribution >= 4 is 16.2 Å². The molecule has 19 heavy (non-hydrogen) atoms. The maximum atomic E-state index is 11.9. The van der Waals surface area contributed by atoms with Gasteiger partial charge in [0.1, 0.15) is 12.2 Å². The smallest absolute Gasteiger partial charge is 0.410 e. The molecule has 0 aromatic carbocycles. The van der Waals surface area contributed by atoms with Crippen LogP contribution in [-0.4, -0.2) is 62.7 Å². The summed E-state index contributed by atoms with van der Waals surface area (Å²) < 4.78 is 38.0. The predicted octanol–water partition coefficient (Wildman–Crippen LogP) is 0.102. The molecule has 0 aromatic rings. The summed E-state index contributed by atoms with van der Waals surface area (Å²) in [6.45, 7) is 2.09. The summed E-state index contributed by atoms with van der Waals surface area (Å²) in [7, 11) is -3.47. The molecule has 3 heterocycles. The summed E-state index contributed by atoms with van der Waals surface area (Å²) in [4.78, 5) is 13.6. The average Bonchev–Trinajstić information content (AvgIpc) is 3.01. The number of carbonyl (C=O) groups is 1. The van der Waals surface area contributed by atoms with Crippen molar-refractivity contribution in [2.24, 2.45) is 0 Å². The highest BCUT2D eigenvalue weighted by molar-refractivity contribution is 7.86. The number of epoxide rings is 1. The number of carbonyl (C=O) groups excluding carboxylic acids is 1. The molecule has 1 unspecified atom stereocenters. The Labute approximate surface area is 111 Å². The molecule has 1 amide bonds. The molecule has 2 bridgehead atoms. The first kappa shape index (κ1) is 13.1. The van der Waals surface area contributed by atoms with Gasteiger partial charge < -0.3 is 9.47 Å². The second-order valence-electron chi connectivity index (χ2n) is 5.20. The molecule has 0 aromatic heterocycles. The number of ether oxygens (including phenoxy) is 2. The monoisotopic (exact) mass is 291 g/mol. The minimum absolute atomic E-state index is 0.0163. The van der Waals surface area contributed by atoms with Crippen LogP contribution in [0, 0.1) is 0 Å². The zero-order chi connectivity index (χ0) is 13.8. The summed E-state index contributed by atoms with van der Waals surface area (Å²) in [5.74, 6) is 0. The Morgan fingerprint density at radius 3 is 2.37 bits per heavy atom. The van der Waals surface area contributed by atoms with Crippen LogP contribution in [0.2, 0.25) is 0 Å². The number of rotatable bonds is 3. The number of nitrogens with zero attached hydrogens (tertiary/aromatic N) is 1. The van der Waals surface area contributed by atoms with Gasteiger partial charge in [-0.15, -0.1) is 0 Å². The van der Waals surface area contributed by atoms with Crippen LogP contribution in [-0.2, 0) is 23.8 Å². The normalized spacial score (nSPS) is 39.9. The summed E-state index contributed by atoms with van der Waals surface area (Å²) >= 11 is 0. The van der Waals surface area contributed by atoms with Crippen molar-refractivity contribution < 1.29 is 26.9 Å². The highest BCUT2D eigenvalue weighted by atomic mass is 32.2. The van der Waals surface area contributed by atoms with Gasteiger partial charge in [-0.05, 0) is 19.8 Å². The quantitative estimate of drug-likeness (QED) is 0.541. The molecule has 0 radical (unpaired) electrons. The molecular weight excluding hydrogens is 274 g/mol. The van der Waals surface area contributed by atoms with Crippen molar-refractivity contribution in [2.45, 2.75) is 50.2 Å². The first-order chi connectivity index (χ1) is 8.90. The zero-order valence-electron chi connectivity index (χ0n) is 10.8. The summed E-state index contributed by atoms with van der Waals surface area (Å²) in [5, 5.41) is 0. The van der Waals surface area contributed by atoms with Crippen LogP contribution in [0.1, 0.15) is 19.8 Å². The molecule has 0 saturated carbocycles. The van der Waals surface area contributed by atoms with Crippen LogP contribution in [0.15, 0.2) is 0 Å². The lowest BCUT2D eigenvalue weighted by molar-refractivity contribution is -0.00260. The van der Waals surface area contributed by atoms with Crippen LogP contribution in [0.4, 0.5) is 4.79 Å². The highest BCUT2D eigenvalue weighted by Crippen LogP contribution is 2.49. The minimum Gasteiger partial charge on any atom is -0.450 e. The largest absolute Gasteiger partial charge is 0.450 e. The Morgan fingerprint density at radius 1 is 1.32 bits per heavy atom. The molecule has 0 aliphatic carbocycles. The maximum Gasteiger partial charge on any atom is 0.410 e. The van der Waals surface area contributed by atoms with Crippen molar-refractivity contribution in [1.82, 2.24) is 4.90 Å². The third kappa shape index (κ3) is 2.32. The fourth-order valence-electron chi connectivity index (χ4n) is 3.24. The Hall–Kier alpha value is -0.860. The van der Waals surface area contributed by atoms with E-state index in [4.69, 9.17) is 13.7 Å². The molecule has 0 spiro atoms. The van der Waals surface area contributed by atoms with Crippen LogP contribution in [0.25, 0.3) is 0 Å². The van der Waals surface area contributed by atoms with E-state index in [0.29, 0.717) is 19.4 Å². The number of fused-ring (bicyclic) bond motifs is 5. The van der Waals surface area contributed by atoms with E-state index < -0.39 is 10.1 Å². The first-order valence-electron chi connectivity index (χ1n) is 6.39. The van der Waals surface area contributed by atoms with E-state index in [1.807, 2.05) is 0 Å². The highest BCUT2D eigenvalue weighted by Gasteiger charge is 2.65. The van der Waals surface area contributed by atoms with Crippen molar-refractivity contribution in [3.05, 3.63) is 0 Å². The molecule has 3 saturated heterocycles. The average molecular weight is 291 g/mol. The van der Waals surface area contributed by atoms with Crippen LogP contribution in [0.5, 0.6) is 0 Å². The molecule has 5 atom stereocenters. The SMILES string of the molecule is CCOC(=O)N1[C@@H]2CC(OS(C)(=O)=O)C[C@H]1[C@@H]1O[C@@H]12. The second-order valence-corrected chi connectivity index (χ2v) is 6.80. The topological polar surface area (TPSA) is 85.4 Å². The Balaban J connectivity index is 1.72. The fourth-order valence-corrected chi connectivity index (χ4v) is 3.89. The number of hydrogen-bond acceptors (Lipinski definition) is 6. The molecule has 0 N–H and O–H groups in total. The Morgan fingerprint density at radius 2 is 1.89 bits per heavy atom. The molecule has 3 fully saturated rings. The van der Waals surface area contributed by atoms with Crippen molar-refractivity contribution in [1.29, 1.82) is 0 Å². The van der Waals surface area contributed by atoms with Crippen molar-refractivity contribution in [2.75, 3.05) is 12.9 Å². The molecular formula is C11H17NO6S. The molecule has 3 rings (SSSR count). The fraction of sp³-hybridized carbons (Fsp3) is 0.909. The first-order valence-corrected chi connectivity index (χ1v) is 8.21. The van der Waals surface area contributed by atoms with Crippen LogP contribution < -0.4 is 0 Å². The van der Waals surface area contributed by atoms with Crippen LogP contribution in [0.3, 0.4) is 0 Å². The van der Waals surface area contributed by atoms with Gasteiger partial charge in [0, 0.05) is 0 Å². The summed E-state index contributed by atoms with van der Waals surface area (Å²) in [6, 6.07) is -0.260. The van der Waals surface area contributed by atoms with E-state index in [1.165, 1.54) is 0 Å². The van der Waals surface area contributed by atoms with Gasteiger partial charge in [-0.3, -0.25) is 9.08 Å². The second kappa shape index (κ2) is 4.32. The van der Waals surface area contributed by atoms with E-state index in [2.05, 4.69) is 0 Å². The standard InChI is InChI=1S/C11H17NO6S/c1-3-16-11(13)12-7-4-6(18-19(2,14)15)5-8(12)10-9(7)17-10/h6-10H,3-5H2,1-2H3/t6?,7-,8+,9-,10+. The number of amides is 1. The van der Waals surface area contributed by atoms with E-state index in [1.54, 1.807) is 11.8 Å². The van der Waals surface area contributed by atoms with Gasteiger partial charge in [0.2, 0.25) is 0 Å². The lowest BCUT2D eigenvalue weighted by Gasteiger charge is -2.39. The number of morpholine rings is 1. The lowest BCUT2D eigenvalue weighted by atomic mass is 9.99. The maximum absolute atomic E-state index is 11.9. The zero-order valence-corrected chi connectivity index (χ0v) is 11.6. The summed E-state index contributed by atoms with van der Waals surface area (Å²) in [5.41, 5.74) is 0. The van der Waals surface area contributed by atoms with Gasteiger partial charge in [0.05, 0.1) is 31.1 Å². The van der Waals surface area contributed by atoms with Gasteiger partial charge in [0.15, 0.2) is 0 Å².